The van der Waals surface area contributed by atoms with Crippen LogP contribution in [0.15, 0.2) is 12.3 Å². The lowest BCUT2D eigenvalue weighted by molar-refractivity contribution is 0.521. The highest BCUT2D eigenvalue weighted by atomic mass is 15.1. The zero-order valence-electron chi connectivity index (χ0n) is 12.9. The molecule has 2 heterocycles. The molecule has 110 valence electrons. The van der Waals surface area contributed by atoms with Crippen molar-refractivity contribution in [3.05, 3.63) is 23.5 Å². The molecule has 1 aromatic rings. The van der Waals surface area contributed by atoms with Gasteiger partial charge in [0.05, 0.1) is 0 Å². The van der Waals surface area contributed by atoms with Gasteiger partial charge in [0.2, 0.25) is 0 Å². The molecule has 0 aromatic carbocycles. The van der Waals surface area contributed by atoms with Crippen LogP contribution in [0, 0.1) is 12.8 Å². The predicted molar refractivity (Wildman–Crippen MR) is 84.1 cm³/mol. The molecule has 0 bridgehead atoms. The molecule has 0 radical (unpaired) electrons. The molecule has 1 aromatic heterocycles. The Balaban J connectivity index is 1.76. The Labute approximate surface area is 122 Å². The highest BCUT2D eigenvalue weighted by molar-refractivity contribution is 5.53. The molecule has 3 rings (SSSR count). The molecule has 0 spiro atoms. The van der Waals surface area contributed by atoms with Crippen LogP contribution < -0.4 is 10.2 Å². The molecule has 2 fully saturated rings. The number of pyridine rings is 1. The van der Waals surface area contributed by atoms with Crippen molar-refractivity contribution in [2.45, 2.75) is 58.5 Å². The number of hydrogen-bond donors (Lipinski definition) is 1. The number of rotatable bonds is 4. The molecule has 20 heavy (non-hydrogen) atoms. The lowest BCUT2D eigenvalue weighted by Gasteiger charge is -2.26. The third-order valence-electron chi connectivity index (χ3n) is 4.61. The topological polar surface area (TPSA) is 28.2 Å². The predicted octanol–water partition coefficient (Wildman–Crippen LogP) is 3.27. The number of nitrogens with zero attached hydrogens (tertiary/aromatic N) is 2. The molecule has 3 heteroatoms. The van der Waals surface area contributed by atoms with Crippen LogP contribution in [0.2, 0.25) is 0 Å². The van der Waals surface area contributed by atoms with Crippen molar-refractivity contribution in [2.24, 2.45) is 5.92 Å². The van der Waals surface area contributed by atoms with E-state index in [1.54, 1.807) is 0 Å². The van der Waals surface area contributed by atoms with Crippen molar-refractivity contribution in [1.29, 1.82) is 0 Å². The van der Waals surface area contributed by atoms with E-state index in [1.807, 2.05) is 0 Å². The maximum absolute atomic E-state index is 4.50. The van der Waals surface area contributed by atoms with Crippen molar-refractivity contribution < 1.29 is 0 Å². The van der Waals surface area contributed by atoms with Gasteiger partial charge in [-0.3, -0.25) is 4.98 Å². The molecule has 0 amide bonds. The molecule has 1 N–H and O–H groups in total. The van der Waals surface area contributed by atoms with E-state index in [2.05, 4.69) is 41.3 Å². The van der Waals surface area contributed by atoms with Gasteiger partial charge in [-0.2, -0.15) is 0 Å². The zero-order valence-corrected chi connectivity index (χ0v) is 12.9. The molecule has 2 aliphatic rings. The van der Waals surface area contributed by atoms with Crippen LogP contribution in [0.4, 0.5) is 5.69 Å². The normalized spacial score (nSPS) is 23.7. The van der Waals surface area contributed by atoms with Gasteiger partial charge in [-0.15, -0.1) is 0 Å². The van der Waals surface area contributed by atoms with Gasteiger partial charge in [0.15, 0.2) is 0 Å². The average molecular weight is 273 g/mol. The monoisotopic (exact) mass is 273 g/mol. The summed E-state index contributed by atoms with van der Waals surface area (Å²) in [5, 5.41) is 3.63. The summed E-state index contributed by atoms with van der Waals surface area (Å²) in [4.78, 5) is 7.09. The van der Waals surface area contributed by atoms with Crippen molar-refractivity contribution in [3.8, 4) is 0 Å². The summed E-state index contributed by atoms with van der Waals surface area (Å²) < 4.78 is 0. The van der Waals surface area contributed by atoms with E-state index in [1.165, 1.54) is 56.4 Å². The summed E-state index contributed by atoms with van der Waals surface area (Å²) in [6, 6.07) is 3.04. The van der Waals surface area contributed by atoms with E-state index in [0.717, 1.165) is 24.2 Å². The summed E-state index contributed by atoms with van der Waals surface area (Å²) in [6.45, 7) is 7.85. The number of aryl methyl sites for hydroxylation is 1. The molecule has 1 saturated carbocycles. The lowest BCUT2D eigenvalue weighted by atomic mass is 10.0. The van der Waals surface area contributed by atoms with Gasteiger partial charge in [-0.25, -0.2) is 0 Å². The van der Waals surface area contributed by atoms with Gasteiger partial charge in [-0.1, -0.05) is 6.92 Å². The zero-order chi connectivity index (χ0) is 13.9. The Hall–Kier alpha value is -1.09. The molecule has 3 nitrogen and oxygen atoms in total. The highest BCUT2D eigenvalue weighted by Gasteiger charge is 2.22. The maximum Gasteiger partial charge on any atom is 0.0445 e. The van der Waals surface area contributed by atoms with Crippen LogP contribution in [0.25, 0.3) is 0 Å². The molecule has 1 aliphatic carbocycles. The SMILES string of the molecule is Cc1cc(N2CCCC(C)CC2)c(CNC2CC2)cn1. The van der Waals surface area contributed by atoms with E-state index in [0.29, 0.717) is 0 Å². The summed E-state index contributed by atoms with van der Waals surface area (Å²) in [5.41, 5.74) is 3.92. The van der Waals surface area contributed by atoms with Crippen LogP contribution in [-0.2, 0) is 6.54 Å². The smallest absolute Gasteiger partial charge is 0.0445 e. The minimum Gasteiger partial charge on any atom is -0.371 e. The van der Waals surface area contributed by atoms with E-state index in [4.69, 9.17) is 0 Å². The Bertz CT molecular complexity index is 454. The van der Waals surface area contributed by atoms with Gasteiger partial charge in [-0.05, 0) is 51.0 Å². The Morgan fingerprint density at radius 1 is 1.25 bits per heavy atom. The van der Waals surface area contributed by atoms with Gasteiger partial charge >= 0.3 is 0 Å². The summed E-state index contributed by atoms with van der Waals surface area (Å²) in [7, 11) is 0. The van der Waals surface area contributed by atoms with Crippen LogP contribution in [0.5, 0.6) is 0 Å². The van der Waals surface area contributed by atoms with Crippen molar-refractivity contribution in [3.63, 3.8) is 0 Å². The minimum atomic E-state index is 0.758. The van der Waals surface area contributed by atoms with E-state index in [9.17, 15) is 0 Å². The van der Waals surface area contributed by atoms with Crippen molar-refractivity contribution in [2.75, 3.05) is 18.0 Å². The standard InChI is InChI=1S/C17H27N3/c1-13-4-3-8-20(9-7-13)17-10-14(2)18-11-15(17)12-19-16-5-6-16/h10-11,13,16,19H,3-9,12H2,1-2H3. The van der Waals surface area contributed by atoms with Crippen LogP contribution in [0.1, 0.15) is 50.3 Å². The Morgan fingerprint density at radius 2 is 2.10 bits per heavy atom. The van der Waals surface area contributed by atoms with Gasteiger partial charge in [0, 0.05) is 48.8 Å². The minimum absolute atomic E-state index is 0.758. The maximum atomic E-state index is 4.50. The second-order valence-corrected chi connectivity index (χ2v) is 6.63. The molecule has 1 saturated heterocycles. The fourth-order valence-electron chi connectivity index (χ4n) is 3.05. The molecule has 1 atom stereocenters. The quantitative estimate of drug-likeness (QED) is 0.912. The number of nitrogens with one attached hydrogen (secondary N) is 1. The fraction of sp³-hybridized carbons (Fsp3) is 0.706. The van der Waals surface area contributed by atoms with E-state index >= 15 is 0 Å². The fourth-order valence-corrected chi connectivity index (χ4v) is 3.05. The summed E-state index contributed by atoms with van der Waals surface area (Å²) in [6.07, 6.45) is 8.77. The lowest BCUT2D eigenvalue weighted by Crippen LogP contribution is -2.27. The first-order valence-corrected chi connectivity index (χ1v) is 8.16. The first-order chi connectivity index (χ1) is 9.72. The largest absolute Gasteiger partial charge is 0.371 e. The van der Waals surface area contributed by atoms with Crippen molar-refractivity contribution in [1.82, 2.24) is 10.3 Å². The highest BCUT2D eigenvalue weighted by Crippen LogP contribution is 2.27. The summed E-state index contributed by atoms with van der Waals surface area (Å²) in [5.74, 6) is 0.871. The van der Waals surface area contributed by atoms with E-state index in [-0.39, 0.29) is 0 Å². The second-order valence-electron chi connectivity index (χ2n) is 6.63. The van der Waals surface area contributed by atoms with Crippen LogP contribution >= 0.6 is 0 Å². The van der Waals surface area contributed by atoms with Gasteiger partial charge in [0.25, 0.3) is 0 Å². The summed E-state index contributed by atoms with van der Waals surface area (Å²) >= 11 is 0. The number of anilines is 1. The third kappa shape index (κ3) is 3.51. The first-order valence-electron chi connectivity index (χ1n) is 8.16. The molecular formula is C17H27N3. The van der Waals surface area contributed by atoms with Gasteiger partial charge in [0.1, 0.15) is 0 Å². The van der Waals surface area contributed by atoms with Crippen molar-refractivity contribution >= 4 is 5.69 Å². The van der Waals surface area contributed by atoms with Crippen LogP contribution in [0.3, 0.4) is 0 Å². The Kier molecular flexibility index (Phi) is 4.25. The molecule has 1 unspecified atom stereocenters. The number of hydrogen-bond acceptors (Lipinski definition) is 3. The molecular weight excluding hydrogens is 246 g/mol. The number of aromatic nitrogens is 1. The van der Waals surface area contributed by atoms with Crippen LogP contribution in [-0.4, -0.2) is 24.1 Å². The first kappa shape index (κ1) is 13.9. The van der Waals surface area contributed by atoms with Gasteiger partial charge < -0.3 is 10.2 Å². The molecule has 1 aliphatic heterocycles. The average Bonchev–Trinajstić information content (AvgIpc) is 3.25. The third-order valence-corrected chi connectivity index (χ3v) is 4.61. The van der Waals surface area contributed by atoms with E-state index < -0.39 is 0 Å². The second kappa shape index (κ2) is 6.13. The Morgan fingerprint density at radius 3 is 2.90 bits per heavy atom.